The fourth-order valence-corrected chi connectivity index (χ4v) is 4.02. The van der Waals surface area contributed by atoms with E-state index >= 15 is 0 Å². The molecule has 7 nitrogen and oxygen atoms in total. The summed E-state index contributed by atoms with van der Waals surface area (Å²) in [5.41, 5.74) is 1.90. The van der Waals surface area contributed by atoms with E-state index in [0.29, 0.717) is 11.6 Å². The Kier molecular flexibility index (Phi) is 8.07. The molecular formula is C22H29N5O2S. The van der Waals surface area contributed by atoms with E-state index in [1.54, 1.807) is 0 Å². The third kappa shape index (κ3) is 6.45. The van der Waals surface area contributed by atoms with Crippen LogP contribution in [0.15, 0.2) is 41.4 Å². The van der Waals surface area contributed by atoms with Gasteiger partial charge in [0.05, 0.1) is 11.7 Å². The van der Waals surface area contributed by atoms with Crippen LogP contribution >= 0.6 is 11.8 Å². The summed E-state index contributed by atoms with van der Waals surface area (Å²) in [4.78, 5) is 26.5. The van der Waals surface area contributed by atoms with Gasteiger partial charge >= 0.3 is 0 Å². The minimum absolute atomic E-state index is 0.00790. The fraction of sp³-hybridized carbons (Fsp3) is 0.455. The highest BCUT2D eigenvalue weighted by atomic mass is 32.2. The maximum absolute atomic E-state index is 12.3. The standard InChI is InChI=1S/C22H29N5O2S/c1-3-11-23-22(29)17-7-5-12-27(14-17)19-9-10-21(26-25-19)30-15-20(28)24-18-8-4-6-16(2)13-18/h4,6,8-10,13,17H,3,5,7,11-12,14-15H2,1-2H3,(H,23,29)(H,24,28)/t17-/m1/s1. The van der Waals surface area contributed by atoms with Crippen LogP contribution in [0.5, 0.6) is 0 Å². The molecule has 0 bridgehead atoms. The van der Waals surface area contributed by atoms with E-state index in [4.69, 9.17) is 0 Å². The van der Waals surface area contributed by atoms with E-state index in [-0.39, 0.29) is 23.5 Å². The molecule has 160 valence electrons. The van der Waals surface area contributed by atoms with Gasteiger partial charge in [0, 0.05) is 25.3 Å². The zero-order chi connectivity index (χ0) is 21.3. The van der Waals surface area contributed by atoms with Gasteiger partial charge in [-0.15, -0.1) is 10.2 Å². The number of hydrogen-bond acceptors (Lipinski definition) is 6. The van der Waals surface area contributed by atoms with Crippen molar-refractivity contribution < 1.29 is 9.59 Å². The number of piperidine rings is 1. The third-order valence-corrected chi connectivity index (χ3v) is 5.86. The second kappa shape index (κ2) is 11.0. The SMILES string of the molecule is CCCNC(=O)[C@@H]1CCCN(c2ccc(SCC(=O)Nc3cccc(C)c3)nn2)C1. The minimum Gasteiger partial charge on any atom is -0.356 e. The van der Waals surface area contributed by atoms with Crippen molar-refractivity contribution in [1.82, 2.24) is 15.5 Å². The number of benzene rings is 1. The van der Waals surface area contributed by atoms with Crippen molar-refractivity contribution in [1.29, 1.82) is 0 Å². The molecule has 0 radical (unpaired) electrons. The Morgan fingerprint density at radius 1 is 1.23 bits per heavy atom. The number of hydrogen-bond donors (Lipinski definition) is 2. The molecule has 1 atom stereocenters. The molecule has 0 spiro atoms. The van der Waals surface area contributed by atoms with Crippen LogP contribution < -0.4 is 15.5 Å². The molecule has 1 saturated heterocycles. The van der Waals surface area contributed by atoms with Crippen molar-refractivity contribution in [2.75, 3.05) is 35.6 Å². The van der Waals surface area contributed by atoms with Crippen molar-refractivity contribution in [2.24, 2.45) is 5.92 Å². The van der Waals surface area contributed by atoms with Crippen LogP contribution in [-0.4, -0.2) is 47.4 Å². The summed E-state index contributed by atoms with van der Waals surface area (Å²) in [6.07, 6.45) is 2.81. The van der Waals surface area contributed by atoms with Gasteiger partial charge in [0.1, 0.15) is 5.03 Å². The van der Waals surface area contributed by atoms with Crippen LogP contribution in [-0.2, 0) is 9.59 Å². The first-order chi connectivity index (χ1) is 14.5. The van der Waals surface area contributed by atoms with Gasteiger partial charge in [-0.1, -0.05) is 30.8 Å². The summed E-state index contributed by atoms with van der Waals surface area (Å²) < 4.78 is 0. The lowest BCUT2D eigenvalue weighted by molar-refractivity contribution is -0.125. The molecule has 1 aliphatic heterocycles. The molecule has 1 aliphatic rings. The number of rotatable bonds is 8. The number of nitrogens with zero attached hydrogens (tertiary/aromatic N) is 3. The number of nitrogens with one attached hydrogen (secondary N) is 2. The van der Waals surface area contributed by atoms with Crippen LogP contribution in [0.2, 0.25) is 0 Å². The van der Waals surface area contributed by atoms with Crippen LogP contribution in [0.25, 0.3) is 0 Å². The lowest BCUT2D eigenvalue weighted by Gasteiger charge is -2.32. The Labute approximate surface area is 182 Å². The summed E-state index contributed by atoms with van der Waals surface area (Å²) in [5.74, 6) is 1.09. The summed E-state index contributed by atoms with van der Waals surface area (Å²) >= 11 is 1.35. The quantitative estimate of drug-likeness (QED) is 0.629. The lowest BCUT2D eigenvalue weighted by atomic mass is 9.97. The summed E-state index contributed by atoms with van der Waals surface area (Å²) in [6.45, 7) is 6.30. The zero-order valence-electron chi connectivity index (χ0n) is 17.6. The molecule has 0 aliphatic carbocycles. The Balaban J connectivity index is 1.49. The number of anilines is 2. The molecule has 1 aromatic heterocycles. The molecule has 0 saturated carbocycles. The van der Waals surface area contributed by atoms with E-state index in [1.807, 2.05) is 43.3 Å². The Bertz CT molecular complexity index is 859. The van der Waals surface area contributed by atoms with Crippen molar-refractivity contribution >= 4 is 35.1 Å². The van der Waals surface area contributed by atoms with Crippen LogP contribution in [0.3, 0.4) is 0 Å². The molecule has 0 unspecified atom stereocenters. The van der Waals surface area contributed by atoms with Crippen LogP contribution in [0, 0.1) is 12.8 Å². The van der Waals surface area contributed by atoms with Crippen LogP contribution in [0.1, 0.15) is 31.7 Å². The van der Waals surface area contributed by atoms with Gasteiger partial charge in [0.25, 0.3) is 0 Å². The van der Waals surface area contributed by atoms with E-state index in [9.17, 15) is 9.59 Å². The predicted molar refractivity (Wildman–Crippen MR) is 121 cm³/mol. The topological polar surface area (TPSA) is 87.2 Å². The monoisotopic (exact) mass is 427 g/mol. The number of aromatic nitrogens is 2. The second-order valence-electron chi connectivity index (χ2n) is 7.51. The number of amides is 2. The average Bonchev–Trinajstić information content (AvgIpc) is 2.76. The van der Waals surface area contributed by atoms with Crippen LogP contribution in [0.4, 0.5) is 11.5 Å². The molecule has 2 heterocycles. The zero-order valence-corrected chi connectivity index (χ0v) is 18.4. The van der Waals surface area contributed by atoms with Gasteiger partial charge in [-0.2, -0.15) is 0 Å². The van der Waals surface area contributed by atoms with Crippen molar-refractivity contribution in [3.8, 4) is 0 Å². The largest absolute Gasteiger partial charge is 0.356 e. The van der Waals surface area contributed by atoms with Gasteiger partial charge in [-0.25, -0.2) is 0 Å². The summed E-state index contributed by atoms with van der Waals surface area (Å²) in [6, 6.07) is 11.5. The Hall–Kier alpha value is -2.61. The molecule has 8 heteroatoms. The molecule has 2 N–H and O–H groups in total. The van der Waals surface area contributed by atoms with Gasteiger partial charge in [0.15, 0.2) is 5.82 Å². The number of aryl methyl sites for hydroxylation is 1. The molecule has 1 fully saturated rings. The van der Waals surface area contributed by atoms with Crippen molar-refractivity contribution in [2.45, 2.75) is 38.1 Å². The first-order valence-corrected chi connectivity index (χ1v) is 11.4. The second-order valence-corrected chi connectivity index (χ2v) is 8.51. The minimum atomic E-state index is -0.0755. The lowest BCUT2D eigenvalue weighted by Crippen LogP contribution is -2.43. The molecule has 2 aromatic rings. The smallest absolute Gasteiger partial charge is 0.234 e. The molecule has 2 amide bonds. The molecule has 1 aromatic carbocycles. The van der Waals surface area contributed by atoms with Crippen molar-refractivity contribution in [3.63, 3.8) is 0 Å². The summed E-state index contributed by atoms with van der Waals surface area (Å²) in [7, 11) is 0. The summed E-state index contributed by atoms with van der Waals surface area (Å²) in [5, 5.41) is 15.2. The average molecular weight is 428 g/mol. The normalized spacial score (nSPS) is 16.2. The third-order valence-electron chi connectivity index (χ3n) is 4.94. The highest BCUT2D eigenvalue weighted by Crippen LogP contribution is 2.23. The van der Waals surface area contributed by atoms with Gasteiger partial charge in [0.2, 0.25) is 11.8 Å². The Morgan fingerprint density at radius 3 is 2.83 bits per heavy atom. The van der Waals surface area contributed by atoms with E-state index in [0.717, 1.165) is 49.4 Å². The maximum Gasteiger partial charge on any atom is 0.234 e. The highest BCUT2D eigenvalue weighted by Gasteiger charge is 2.26. The van der Waals surface area contributed by atoms with E-state index in [1.165, 1.54) is 11.8 Å². The molecule has 3 rings (SSSR count). The Morgan fingerprint density at radius 2 is 2.10 bits per heavy atom. The fourth-order valence-electron chi connectivity index (χ4n) is 3.41. The number of carbonyl (C=O) groups is 2. The van der Waals surface area contributed by atoms with Gasteiger partial charge in [-0.05, 0) is 56.0 Å². The first-order valence-electron chi connectivity index (χ1n) is 10.4. The van der Waals surface area contributed by atoms with Gasteiger partial charge in [-0.3, -0.25) is 9.59 Å². The van der Waals surface area contributed by atoms with E-state index in [2.05, 4.69) is 32.7 Å². The highest BCUT2D eigenvalue weighted by molar-refractivity contribution is 7.99. The maximum atomic E-state index is 12.3. The number of carbonyl (C=O) groups excluding carboxylic acids is 2. The molecule has 30 heavy (non-hydrogen) atoms. The predicted octanol–water partition coefficient (Wildman–Crippen LogP) is 3.26. The van der Waals surface area contributed by atoms with Crippen molar-refractivity contribution in [3.05, 3.63) is 42.0 Å². The van der Waals surface area contributed by atoms with Gasteiger partial charge < -0.3 is 15.5 Å². The molecular weight excluding hydrogens is 398 g/mol. The van der Waals surface area contributed by atoms with E-state index < -0.39 is 0 Å². The number of thioether (sulfide) groups is 1. The first kappa shape index (κ1) is 22.1.